The first kappa shape index (κ1) is 12.0. The Morgan fingerprint density at radius 2 is 1.89 bits per heavy atom. The lowest BCUT2D eigenvalue weighted by Gasteiger charge is -2.03. The van der Waals surface area contributed by atoms with Crippen LogP contribution in [0.5, 0.6) is 0 Å². The fourth-order valence-corrected chi connectivity index (χ4v) is 2.44. The maximum Gasteiger partial charge on any atom is 0.341 e. The van der Waals surface area contributed by atoms with Gasteiger partial charge in [0.2, 0.25) is 0 Å². The molecular weight excluding hydrogens is 242 g/mol. The number of carboxylic acid groups (broad SMARTS) is 1. The Bertz CT molecular complexity index is 633. The Kier molecular flexibility index (Phi) is 2.66. The van der Waals surface area contributed by atoms with Crippen molar-refractivity contribution in [2.24, 2.45) is 0 Å². The van der Waals surface area contributed by atoms with Crippen molar-refractivity contribution in [3.8, 4) is 11.3 Å². The van der Waals surface area contributed by atoms with Crippen molar-refractivity contribution >= 4 is 5.97 Å². The molecule has 1 aliphatic carbocycles. The van der Waals surface area contributed by atoms with Gasteiger partial charge in [-0.3, -0.25) is 0 Å². The number of hydrogen-bond donors (Lipinski definition) is 1. The first-order valence-corrected chi connectivity index (χ1v) is 6.38. The molecule has 1 aromatic carbocycles. The van der Waals surface area contributed by atoms with Gasteiger partial charge in [-0.2, -0.15) is 0 Å². The van der Waals surface area contributed by atoms with Crippen LogP contribution < -0.4 is 0 Å². The molecule has 4 nitrogen and oxygen atoms in total. The molecule has 0 radical (unpaired) electrons. The van der Waals surface area contributed by atoms with Crippen LogP contribution in [-0.2, 0) is 0 Å². The van der Waals surface area contributed by atoms with Gasteiger partial charge in [-0.25, -0.2) is 4.79 Å². The van der Waals surface area contributed by atoms with E-state index in [1.54, 1.807) is 0 Å². The van der Waals surface area contributed by atoms with Gasteiger partial charge in [-0.05, 0) is 38.8 Å². The van der Waals surface area contributed by atoms with E-state index in [1.807, 2.05) is 32.0 Å². The smallest absolute Gasteiger partial charge is 0.341 e. The SMILES string of the molecule is Cc1cc(C)cc(-c2noc(C3CC3)c2C(=O)O)c1. The first-order valence-electron chi connectivity index (χ1n) is 6.38. The highest BCUT2D eigenvalue weighted by atomic mass is 16.5. The van der Waals surface area contributed by atoms with Crippen molar-refractivity contribution in [2.45, 2.75) is 32.6 Å². The Labute approximate surface area is 111 Å². The third-order valence-corrected chi connectivity index (χ3v) is 3.38. The van der Waals surface area contributed by atoms with Crippen LogP contribution in [0, 0.1) is 13.8 Å². The molecule has 0 atom stereocenters. The summed E-state index contributed by atoms with van der Waals surface area (Å²) in [5, 5.41) is 13.4. The minimum absolute atomic E-state index is 0.229. The van der Waals surface area contributed by atoms with Crippen LogP contribution in [0.1, 0.15) is 46.0 Å². The molecule has 0 saturated heterocycles. The summed E-state index contributed by atoms with van der Waals surface area (Å²) < 4.78 is 5.28. The number of rotatable bonds is 3. The largest absolute Gasteiger partial charge is 0.477 e. The molecule has 98 valence electrons. The lowest BCUT2D eigenvalue weighted by Crippen LogP contribution is -2.01. The molecule has 0 spiro atoms. The van der Waals surface area contributed by atoms with Crippen LogP contribution in [0.2, 0.25) is 0 Å². The highest BCUT2D eigenvalue weighted by Gasteiger charge is 2.35. The van der Waals surface area contributed by atoms with E-state index in [-0.39, 0.29) is 11.5 Å². The highest BCUT2D eigenvalue weighted by molar-refractivity contribution is 5.96. The summed E-state index contributed by atoms with van der Waals surface area (Å²) in [6, 6.07) is 5.92. The lowest BCUT2D eigenvalue weighted by molar-refractivity contribution is 0.0695. The van der Waals surface area contributed by atoms with Crippen molar-refractivity contribution in [1.82, 2.24) is 5.16 Å². The second-order valence-corrected chi connectivity index (χ2v) is 5.23. The van der Waals surface area contributed by atoms with Gasteiger partial charge in [0.05, 0.1) is 0 Å². The van der Waals surface area contributed by atoms with E-state index in [4.69, 9.17) is 4.52 Å². The summed E-state index contributed by atoms with van der Waals surface area (Å²) in [6.07, 6.45) is 1.98. The fourth-order valence-electron chi connectivity index (χ4n) is 2.44. The topological polar surface area (TPSA) is 63.3 Å². The molecule has 1 heterocycles. The standard InChI is InChI=1S/C15H15NO3/c1-8-5-9(2)7-11(6-8)13-12(15(17)18)14(19-16-13)10-3-4-10/h5-7,10H,3-4H2,1-2H3,(H,17,18). The molecule has 0 amide bonds. The molecule has 1 aliphatic rings. The Morgan fingerprint density at radius 1 is 1.26 bits per heavy atom. The third-order valence-electron chi connectivity index (χ3n) is 3.38. The Balaban J connectivity index is 2.16. The van der Waals surface area contributed by atoms with Gasteiger partial charge in [0.15, 0.2) is 5.76 Å². The van der Waals surface area contributed by atoms with E-state index in [0.717, 1.165) is 29.5 Å². The fraction of sp³-hybridized carbons (Fsp3) is 0.333. The summed E-state index contributed by atoms with van der Waals surface area (Å²) >= 11 is 0. The molecule has 0 aliphatic heterocycles. The molecule has 2 aromatic rings. The zero-order chi connectivity index (χ0) is 13.6. The zero-order valence-corrected chi connectivity index (χ0v) is 10.9. The summed E-state index contributed by atoms with van der Waals surface area (Å²) in [5.74, 6) is -0.197. The van der Waals surface area contributed by atoms with Crippen LogP contribution in [0.4, 0.5) is 0 Å². The van der Waals surface area contributed by atoms with E-state index in [0.29, 0.717) is 11.5 Å². The predicted molar refractivity (Wildman–Crippen MR) is 70.3 cm³/mol. The van der Waals surface area contributed by atoms with Gasteiger partial charge in [-0.1, -0.05) is 22.3 Å². The van der Waals surface area contributed by atoms with Crippen LogP contribution in [0.25, 0.3) is 11.3 Å². The minimum Gasteiger partial charge on any atom is -0.477 e. The van der Waals surface area contributed by atoms with E-state index in [1.165, 1.54) is 0 Å². The molecule has 1 fully saturated rings. The first-order chi connectivity index (χ1) is 9.06. The Morgan fingerprint density at radius 3 is 2.42 bits per heavy atom. The van der Waals surface area contributed by atoms with Crippen LogP contribution >= 0.6 is 0 Å². The van der Waals surface area contributed by atoms with Gasteiger partial charge in [0.1, 0.15) is 11.3 Å². The predicted octanol–water partition coefficient (Wildman–Crippen LogP) is 3.53. The summed E-state index contributed by atoms with van der Waals surface area (Å²) in [4.78, 5) is 11.5. The van der Waals surface area contributed by atoms with Gasteiger partial charge >= 0.3 is 5.97 Å². The second-order valence-electron chi connectivity index (χ2n) is 5.23. The number of benzene rings is 1. The Hall–Kier alpha value is -2.10. The lowest BCUT2D eigenvalue weighted by atomic mass is 10.0. The van der Waals surface area contributed by atoms with Gasteiger partial charge in [-0.15, -0.1) is 0 Å². The number of carboxylic acids is 1. The molecule has 1 aromatic heterocycles. The monoisotopic (exact) mass is 257 g/mol. The molecule has 1 saturated carbocycles. The van der Waals surface area contributed by atoms with Crippen molar-refractivity contribution in [1.29, 1.82) is 0 Å². The van der Waals surface area contributed by atoms with E-state index in [9.17, 15) is 9.90 Å². The number of hydrogen-bond acceptors (Lipinski definition) is 3. The van der Waals surface area contributed by atoms with E-state index >= 15 is 0 Å². The van der Waals surface area contributed by atoms with E-state index < -0.39 is 5.97 Å². The normalized spacial score (nSPS) is 14.6. The van der Waals surface area contributed by atoms with Crippen molar-refractivity contribution < 1.29 is 14.4 Å². The second kappa shape index (κ2) is 4.23. The van der Waals surface area contributed by atoms with Gasteiger partial charge in [0.25, 0.3) is 0 Å². The van der Waals surface area contributed by atoms with Gasteiger partial charge in [0, 0.05) is 11.5 Å². The molecule has 4 heteroatoms. The van der Waals surface area contributed by atoms with Crippen molar-refractivity contribution in [2.75, 3.05) is 0 Å². The maximum atomic E-state index is 11.5. The quantitative estimate of drug-likeness (QED) is 0.913. The molecule has 0 bridgehead atoms. The third kappa shape index (κ3) is 2.14. The average molecular weight is 257 g/mol. The number of aromatic carboxylic acids is 1. The molecule has 19 heavy (non-hydrogen) atoms. The number of nitrogens with zero attached hydrogens (tertiary/aromatic N) is 1. The van der Waals surface area contributed by atoms with Crippen LogP contribution in [0.15, 0.2) is 22.7 Å². The maximum absolute atomic E-state index is 11.5. The molecule has 3 rings (SSSR count). The summed E-state index contributed by atoms with van der Waals surface area (Å²) in [6.45, 7) is 3.97. The number of aryl methyl sites for hydroxylation is 2. The molecular formula is C15H15NO3. The molecule has 1 N–H and O–H groups in total. The van der Waals surface area contributed by atoms with Crippen LogP contribution in [0.3, 0.4) is 0 Å². The average Bonchev–Trinajstić information content (AvgIpc) is 3.06. The highest BCUT2D eigenvalue weighted by Crippen LogP contribution is 2.44. The van der Waals surface area contributed by atoms with Gasteiger partial charge < -0.3 is 9.63 Å². The number of aromatic nitrogens is 1. The minimum atomic E-state index is -0.961. The summed E-state index contributed by atoms with van der Waals surface area (Å²) in [5.41, 5.74) is 3.66. The van der Waals surface area contributed by atoms with Crippen LogP contribution in [-0.4, -0.2) is 16.2 Å². The van der Waals surface area contributed by atoms with Crippen molar-refractivity contribution in [3.05, 3.63) is 40.6 Å². The van der Waals surface area contributed by atoms with E-state index in [2.05, 4.69) is 5.16 Å². The molecule has 0 unspecified atom stereocenters. The zero-order valence-electron chi connectivity index (χ0n) is 10.9. The van der Waals surface area contributed by atoms with Crippen molar-refractivity contribution in [3.63, 3.8) is 0 Å². The number of carbonyl (C=O) groups is 1. The summed E-state index contributed by atoms with van der Waals surface area (Å²) in [7, 11) is 0.